The molecule has 1 N–H and O–H groups in total. The van der Waals surface area contributed by atoms with E-state index in [1.165, 1.54) is 7.11 Å². The lowest BCUT2D eigenvalue weighted by Crippen LogP contribution is -2.35. The van der Waals surface area contributed by atoms with E-state index in [0.717, 1.165) is 11.0 Å². The van der Waals surface area contributed by atoms with E-state index < -0.39 is 12.8 Å². The predicted octanol–water partition coefficient (Wildman–Crippen LogP) is 1.17. The van der Waals surface area contributed by atoms with E-state index in [1.54, 1.807) is 4.67 Å². The summed E-state index contributed by atoms with van der Waals surface area (Å²) < 4.78 is 20.3. The van der Waals surface area contributed by atoms with Crippen LogP contribution in [0.25, 0.3) is 0 Å². The third-order valence-corrected chi connectivity index (χ3v) is 7.20. The van der Waals surface area contributed by atoms with Crippen molar-refractivity contribution in [2.24, 2.45) is 0 Å². The first-order valence-corrected chi connectivity index (χ1v) is 8.21. The van der Waals surface area contributed by atoms with Crippen LogP contribution in [0.2, 0.25) is 0 Å². The standard InChI is InChI=1S/C12H18BN2O2PS/c1-4-15-11(19)14-12(2,18(15,16)17-3)9-5-7-10(13)8-6-9/h5-8H,4,13H2,1-3H3,(H,14,19). The number of rotatable bonds is 3. The zero-order chi connectivity index (χ0) is 14.3. The Kier molecular flexibility index (Phi) is 3.78. The van der Waals surface area contributed by atoms with Gasteiger partial charge in [-0.15, -0.1) is 0 Å². The zero-order valence-electron chi connectivity index (χ0n) is 11.6. The van der Waals surface area contributed by atoms with Crippen LogP contribution in [-0.2, 0) is 14.4 Å². The Hall–Kier alpha value is -0.835. The van der Waals surface area contributed by atoms with Gasteiger partial charge in [0.15, 0.2) is 10.4 Å². The molecule has 1 saturated heterocycles. The molecule has 0 aromatic heterocycles. The van der Waals surface area contributed by atoms with Gasteiger partial charge in [0.25, 0.3) is 0 Å². The maximum atomic E-state index is 13.2. The smallest absolute Gasteiger partial charge is 0.327 e. The largest absolute Gasteiger partial charge is 0.343 e. The summed E-state index contributed by atoms with van der Waals surface area (Å²) in [4.78, 5) is 0. The topological polar surface area (TPSA) is 41.6 Å². The van der Waals surface area contributed by atoms with Crippen LogP contribution in [0.5, 0.6) is 0 Å². The average Bonchev–Trinajstić information content (AvgIpc) is 2.58. The molecular formula is C12H18BN2O2PS. The Morgan fingerprint density at radius 1 is 1.47 bits per heavy atom. The lowest BCUT2D eigenvalue weighted by Gasteiger charge is -2.32. The predicted molar refractivity (Wildman–Crippen MR) is 84.7 cm³/mol. The first kappa shape index (κ1) is 14.6. The van der Waals surface area contributed by atoms with Crippen LogP contribution < -0.4 is 10.8 Å². The lowest BCUT2D eigenvalue weighted by atomic mass is 9.94. The minimum absolute atomic E-state index is 0.482. The van der Waals surface area contributed by atoms with Crippen LogP contribution in [0.1, 0.15) is 19.4 Å². The summed E-state index contributed by atoms with van der Waals surface area (Å²) in [6.45, 7) is 4.35. The summed E-state index contributed by atoms with van der Waals surface area (Å²) in [5.41, 5.74) is 2.08. The fourth-order valence-corrected chi connectivity index (χ4v) is 5.59. The van der Waals surface area contributed by atoms with Crippen molar-refractivity contribution < 1.29 is 9.09 Å². The SMILES string of the molecule is Bc1ccc(C2(C)NC(=S)N(CC)P2(=O)OC)cc1. The van der Waals surface area contributed by atoms with E-state index in [-0.39, 0.29) is 0 Å². The van der Waals surface area contributed by atoms with Crippen molar-refractivity contribution >= 4 is 38.2 Å². The third kappa shape index (κ3) is 2.02. The number of hydrogen-bond donors (Lipinski definition) is 1. The normalized spacial score (nSPS) is 30.5. The van der Waals surface area contributed by atoms with E-state index in [0.29, 0.717) is 11.7 Å². The molecule has 7 heteroatoms. The molecule has 19 heavy (non-hydrogen) atoms. The molecule has 2 rings (SSSR count). The van der Waals surface area contributed by atoms with Crippen molar-refractivity contribution in [3.63, 3.8) is 0 Å². The highest BCUT2D eigenvalue weighted by Crippen LogP contribution is 2.67. The van der Waals surface area contributed by atoms with Gasteiger partial charge in [0.1, 0.15) is 7.85 Å². The monoisotopic (exact) mass is 296 g/mol. The summed E-state index contributed by atoms with van der Waals surface area (Å²) in [6, 6.07) is 7.94. The highest BCUT2D eigenvalue weighted by molar-refractivity contribution is 7.81. The van der Waals surface area contributed by atoms with Crippen LogP contribution in [0, 0.1) is 0 Å². The van der Waals surface area contributed by atoms with Gasteiger partial charge in [-0.3, -0.25) is 9.24 Å². The van der Waals surface area contributed by atoms with Crippen LogP contribution in [0.4, 0.5) is 0 Å². The molecule has 0 bridgehead atoms. The van der Waals surface area contributed by atoms with E-state index in [2.05, 4.69) is 5.32 Å². The van der Waals surface area contributed by atoms with Gasteiger partial charge in [-0.1, -0.05) is 29.7 Å². The molecular weight excluding hydrogens is 278 g/mol. The molecule has 2 atom stereocenters. The van der Waals surface area contributed by atoms with Crippen LogP contribution in [-0.4, -0.2) is 31.3 Å². The van der Waals surface area contributed by atoms with Gasteiger partial charge in [-0.05, 0) is 31.6 Å². The van der Waals surface area contributed by atoms with Gasteiger partial charge in [-0.2, -0.15) is 0 Å². The minimum Gasteiger partial charge on any atom is -0.343 e. The number of nitrogens with zero attached hydrogens (tertiary/aromatic N) is 1. The second kappa shape index (κ2) is 4.93. The van der Waals surface area contributed by atoms with Crippen molar-refractivity contribution in [1.82, 2.24) is 9.99 Å². The van der Waals surface area contributed by atoms with Gasteiger partial charge in [0.2, 0.25) is 0 Å². The Bertz CT molecular complexity index is 551. The lowest BCUT2D eigenvalue weighted by molar-refractivity contribution is 0.335. The number of nitrogens with one attached hydrogen (secondary N) is 1. The third-order valence-electron chi connectivity index (χ3n) is 3.63. The fraction of sp³-hybridized carbons (Fsp3) is 0.417. The molecule has 0 amide bonds. The maximum Gasteiger partial charge on any atom is 0.327 e. The number of benzene rings is 1. The Morgan fingerprint density at radius 3 is 2.53 bits per heavy atom. The molecule has 0 radical (unpaired) electrons. The summed E-state index contributed by atoms with van der Waals surface area (Å²) in [5.74, 6) is 0. The summed E-state index contributed by atoms with van der Waals surface area (Å²) >= 11 is 5.29. The molecule has 1 fully saturated rings. The molecule has 102 valence electrons. The fourth-order valence-electron chi connectivity index (χ4n) is 2.43. The van der Waals surface area contributed by atoms with Crippen molar-refractivity contribution in [1.29, 1.82) is 0 Å². The second-order valence-electron chi connectivity index (χ2n) is 4.79. The summed E-state index contributed by atoms with van der Waals surface area (Å²) in [6.07, 6.45) is 0. The van der Waals surface area contributed by atoms with Gasteiger partial charge in [0.05, 0.1) is 0 Å². The van der Waals surface area contributed by atoms with Crippen LogP contribution in [0.15, 0.2) is 24.3 Å². The average molecular weight is 296 g/mol. The molecule has 0 spiro atoms. The maximum absolute atomic E-state index is 13.2. The highest BCUT2D eigenvalue weighted by Gasteiger charge is 2.57. The van der Waals surface area contributed by atoms with Gasteiger partial charge < -0.3 is 9.84 Å². The molecule has 4 nitrogen and oxygen atoms in total. The number of hydrogen-bond acceptors (Lipinski definition) is 3. The first-order chi connectivity index (χ1) is 8.89. The van der Waals surface area contributed by atoms with E-state index >= 15 is 0 Å². The highest BCUT2D eigenvalue weighted by atomic mass is 32.1. The first-order valence-electron chi connectivity index (χ1n) is 6.22. The summed E-state index contributed by atoms with van der Waals surface area (Å²) in [5, 5.41) is 2.86. The summed E-state index contributed by atoms with van der Waals surface area (Å²) in [7, 11) is 0.403. The zero-order valence-corrected chi connectivity index (χ0v) is 13.3. The molecule has 1 aromatic carbocycles. The molecule has 1 aliphatic heterocycles. The Morgan fingerprint density at radius 2 is 2.05 bits per heavy atom. The van der Waals surface area contributed by atoms with Crippen LogP contribution >= 0.6 is 19.7 Å². The minimum atomic E-state index is -3.10. The molecule has 1 heterocycles. The van der Waals surface area contributed by atoms with Gasteiger partial charge >= 0.3 is 7.52 Å². The van der Waals surface area contributed by atoms with Crippen molar-refractivity contribution in [2.45, 2.75) is 19.1 Å². The Labute approximate surface area is 120 Å². The number of thiocarbonyl (C=S) groups is 1. The second-order valence-corrected chi connectivity index (χ2v) is 7.96. The van der Waals surface area contributed by atoms with Crippen molar-refractivity contribution in [2.75, 3.05) is 13.7 Å². The van der Waals surface area contributed by atoms with Gasteiger partial charge in [0, 0.05) is 13.7 Å². The van der Waals surface area contributed by atoms with E-state index in [1.807, 2.05) is 46.0 Å². The Balaban J connectivity index is 2.56. The van der Waals surface area contributed by atoms with Crippen molar-refractivity contribution in [3.8, 4) is 0 Å². The quantitative estimate of drug-likeness (QED) is 0.515. The van der Waals surface area contributed by atoms with Crippen molar-refractivity contribution in [3.05, 3.63) is 29.8 Å². The molecule has 1 aromatic rings. The van der Waals surface area contributed by atoms with E-state index in [9.17, 15) is 4.57 Å². The molecule has 0 saturated carbocycles. The molecule has 0 aliphatic carbocycles. The molecule has 1 aliphatic rings. The van der Waals surface area contributed by atoms with E-state index in [4.69, 9.17) is 16.7 Å². The van der Waals surface area contributed by atoms with Crippen LogP contribution in [0.3, 0.4) is 0 Å². The molecule has 2 unspecified atom stereocenters. The van der Waals surface area contributed by atoms with Gasteiger partial charge in [-0.25, -0.2) is 0 Å².